The van der Waals surface area contributed by atoms with E-state index in [9.17, 15) is 14.0 Å². The molecule has 1 fully saturated rings. The van der Waals surface area contributed by atoms with Gasteiger partial charge in [0.1, 0.15) is 5.82 Å². The summed E-state index contributed by atoms with van der Waals surface area (Å²) >= 11 is 6.12. The number of rotatable bonds is 4. The standard InChI is InChI=1S/C22H22ClFN4O2/c1-14(2)22(30)28-9-7-27(8-10-28)20-6-4-16(23)12-19(20)26-21(29)17-5-3-15(13-25)11-18(17)24/h3-6,11-12,14H,7-10H2,1-2H3,(H,26,29). The van der Waals surface area contributed by atoms with Crippen molar-refractivity contribution in [2.75, 3.05) is 36.4 Å². The number of piperazine rings is 1. The Morgan fingerprint density at radius 3 is 2.43 bits per heavy atom. The summed E-state index contributed by atoms with van der Waals surface area (Å²) in [5, 5.41) is 12.0. The van der Waals surface area contributed by atoms with Gasteiger partial charge in [0.2, 0.25) is 5.91 Å². The van der Waals surface area contributed by atoms with E-state index in [1.54, 1.807) is 18.2 Å². The zero-order chi connectivity index (χ0) is 21.8. The highest BCUT2D eigenvalue weighted by atomic mass is 35.5. The molecule has 30 heavy (non-hydrogen) atoms. The van der Waals surface area contributed by atoms with Gasteiger partial charge in [0.15, 0.2) is 0 Å². The van der Waals surface area contributed by atoms with E-state index in [4.69, 9.17) is 16.9 Å². The first-order valence-corrected chi connectivity index (χ1v) is 10.0. The molecule has 1 aliphatic heterocycles. The summed E-state index contributed by atoms with van der Waals surface area (Å²) in [5.41, 5.74) is 1.19. The first-order valence-electron chi connectivity index (χ1n) is 9.64. The van der Waals surface area contributed by atoms with E-state index in [0.717, 1.165) is 11.8 Å². The summed E-state index contributed by atoms with van der Waals surface area (Å²) in [7, 11) is 0. The summed E-state index contributed by atoms with van der Waals surface area (Å²) in [4.78, 5) is 28.8. The number of hydrogen-bond donors (Lipinski definition) is 1. The Kier molecular flexibility index (Phi) is 6.58. The van der Waals surface area contributed by atoms with Crippen LogP contribution >= 0.6 is 11.6 Å². The van der Waals surface area contributed by atoms with Crippen molar-refractivity contribution in [1.29, 1.82) is 5.26 Å². The van der Waals surface area contributed by atoms with Crippen LogP contribution in [0.25, 0.3) is 0 Å². The van der Waals surface area contributed by atoms with Crippen LogP contribution < -0.4 is 10.2 Å². The van der Waals surface area contributed by atoms with Gasteiger partial charge in [-0.25, -0.2) is 4.39 Å². The first-order chi connectivity index (χ1) is 14.3. The molecule has 2 aromatic carbocycles. The molecule has 1 heterocycles. The normalized spacial score (nSPS) is 13.9. The topological polar surface area (TPSA) is 76.4 Å². The van der Waals surface area contributed by atoms with Crippen LogP contribution in [0.5, 0.6) is 0 Å². The molecule has 0 aromatic heterocycles. The van der Waals surface area contributed by atoms with Gasteiger partial charge in [-0.1, -0.05) is 25.4 Å². The van der Waals surface area contributed by atoms with Crippen LogP contribution in [0.3, 0.4) is 0 Å². The molecule has 0 bridgehead atoms. The van der Waals surface area contributed by atoms with Gasteiger partial charge in [-0.2, -0.15) is 5.26 Å². The molecule has 0 saturated carbocycles. The van der Waals surface area contributed by atoms with Crippen LogP contribution in [0.1, 0.15) is 29.8 Å². The van der Waals surface area contributed by atoms with Crippen molar-refractivity contribution in [2.24, 2.45) is 5.92 Å². The predicted molar refractivity (Wildman–Crippen MR) is 114 cm³/mol. The van der Waals surface area contributed by atoms with Gasteiger partial charge in [-0.3, -0.25) is 9.59 Å². The van der Waals surface area contributed by atoms with E-state index in [-0.39, 0.29) is 23.0 Å². The Hall–Kier alpha value is -3.11. The quantitative estimate of drug-likeness (QED) is 0.801. The third-order valence-electron chi connectivity index (χ3n) is 4.98. The van der Waals surface area contributed by atoms with Crippen LogP contribution in [0.2, 0.25) is 5.02 Å². The summed E-state index contributed by atoms with van der Waals surface area (Å²) in [6.45, 7) is 6.13. The average Bonchev–Trinajstić information content (AvgIpc) is 2.73. The summed E-state index contributed by atoms with van der Waals surface area (Å²) < 4.78 is 14.2. The fraction of sp³-hybridized carbons (Fsp3) is 0.318. The fourth-order valence-corrected chi connectivity index (χ4v) is 3.55. The van der Waals surface area contributed by atoms with E-state index in [0.29, 0.717) is 36.9 Å². The number of benzene rings is 2. The molecule has 2 amide bonds. The maximum absolute atomic E-state index is 14.2. The zero-order valence-electron chi connectivity index (χ0n) is 16.8. The van der Waals surface area contributed by atoms with Gasteiger partial charge in [0.05, 0.1) is 28.6 Å². The van der Waals surface area contributed by atoms with Crippen LogP contribution in [-0.4, -0.2) is 42.9 Å². The molecule has 8 heteroatoms. The number of nitrogens with zero attached hydrogens (tertiary/aromatic N) is 3. The van der Waals surface area contributed by atoms with Crippen molar-refractivity contribution >= 4 is 34.8 Å². The Labute approximate surface area is 179 Å². The highest BCUT2D eigenvalue weighted by Gasteiger charge is 2.25. The molecule has 0 radical (unpaired) electrons. The lowest BCUT2D eigenvalue weighted by atomic mass is 10.1. The lowest BCUT2D eigenvalue weighted by Crippen LogP contribution is -2.50. The van der Waals surface area contributed by atoms with E-state index in [1.165, 1.54) is 12.1 Å². The summed E-state index contributed by atoms with van der Waals surface area (Å²) in [6.07, 6.45) is 0. The molecule has 156 valence electrons. The second-order valence-corrected chi connectivity index (χ2v) is 7.83. The van der Waals surface area contributed by atoms with Crippen LogP contribution in [-0.2, 0) is 4.79 Å². The number of halogens is 2. The van der Waals surface area contributed by atoms with Gasteiger partial charge in [0.25, 0.3) is 5.91 Å². The maximum atomic E-state index is 14.2. The van der Waals surface area contributed by atoms with Crippen molar-refractivity contribution in [3.63, 3.8) is 0 Å². The van der Waals surface area contributed by atoms with Crippen LogP contribution in [0.15, 0.2) is 36.4 Å². The molecule has 1 saturated heterocycles. The number of nitrogens with one attached hydrogen (secondary N) is 1. The molecule has 3 rings (SSSR count). The molecule has 0 spiro atoms. The van der Waals surface area contributed by atoms with Crippen molar-refractivity contribution in [3.05, 3.63) is 58.4 Å². The van der Waals surface area contributed by atoms with E-state index < -0.39 is 11.7 Å². The molecule has 2 aromatic rings. The molecule has 6 nitrogen and oxygen atoms in total. The second-order valence-electron chi connectivity index (χ2n) is 7.39. The first kappa shape index (κ1) is 21.6. The van der Waals surface area contributed by atoms with Crippen molar-refractivity contribution in [2.45, 2.75) is 13.8 Å². The Balaban J connectivity index is 1.79. The van der Waals surface area contributed by atoms with Gasteiger partial charge >= 0.3 is 0 Å². The minimum Gasteiger partial charge on any atom is -0.366 e. The third-order valence-corrected chi connectivity index (χ3v) is 5.21. The van der Waals surface area contributed by atoms with E-state index in [1.807, 2.05) is 24.8 Å². The smallest absolute Gasteiger partial charge is 0.258 e. The maximum Gasteiger partial charge on any atom is 0.258 e. The molecule has 1 N–H and O–H groups in total. The van der Waals surface area contributed by atoms with Crippen LogP contribution in [0.4, 0.5) is 15.8 Å². The molecule has 0 aliphatic carbocycles. The number of carbonyl (C=O) groups is 2. The monoisotopic (exact) mass is 428 g/mol. The largest absolute Gasteiger partial charge is 0.366 e. The highest BCUT2D eigenvalue weighted by molar-refractivity contribution is 6.31. The lowest BCUT2D eigenvalue weighted by molar-refractivity contribution is -0.134. The van der Waals surface area contributed by atoms with Gasteiger partial charge in [-0.15, -0.1) is 0 Å². The summed E-state index contributed by atoms with van der Waals surface area (Å²) in [6, 6.07) is 10.7. The van der Waals surface area contributed by atoms with Gasteiger partial charge in [0, 0.05) is 37.1 Å². The number of hydrogen-bond acceptors (Lipinski definition) is 4. The minimum atomic E-state index is -0.768. The van der Waals surface area contributed by atoms with Crippen molar-refractivity contribution in [3.8, 4) is 6.07 Å². The van der Waals surface area contributed by atoms with Gasteiger partial charge < -0.3 is 15.1 Å². The van der Waals surface area contributed by atoms with Crippen molar-refractivity contribution < 1.29 is 14.0 Å². The molecular formula is C22H22ClFN4O2. The lowest BCUT2D eigenvalue weighted by Gasteiger charge is -2.37. The number of anilines is 2. The fourth-order valence-electron chi connectivity index (χ4n) is 3.38. The molecular weight excluding hydrogens is 407 g/mol. The number of nitriles is 1. The highest BCUT2D eigenvalue weighted by Crippen LogP contribution is 2.31. The van der Waals surface area contributed by atoms with Crippen LogP contribution in [0, 0.1) is 23.1 Å². The van der Waals surface area contributed by atoms with Gasteiger partial charge in [-0.05, 0) is 36.4 Å². The third kappa shape index (κ3) is 4.71. The zero-order valence-corrected chi connectivity index (χ0v) is 17.5. The number of amides is 2. The average molecular weight is 429 g/mol. The van der Waals surface area contributed by atoms with Crippen molar-refractivity contribution in [1.82, 2.24) is 4.90 Å². The minimum absolute atomic E-state index is 0.0516. The molecule has 0 atom stereocenters. The molecule has 0 unspecified atom stereocenters. The number of carbonyl (C=O) groups excluding carboxylic acids is 2. The summed E-state index contributed by atoms with van der Waals surface area (Å²) in [5.74, 6) is -1.33. The predicted octanol–water partition coefficient (Wildman–Crippen LogP) is 3.91. The SMILES string of the molecule is CC(C)C(=O)N1CCN(c2ccc(Cl)cc2NC(=O)c2ccc(C#N)cc2F)CC1. The molecule has 1 aliphatic rings. The van der Waals surface area contributed by atoms with E-state index in [2.05, 4.69) is 10.2 Å². The Morgan fingerprint density at radius 2 is 1.83 bits per heavy atom. The Bertz CT molecular complexity index is 1010. The van der Waals surface area contributed by atoms with E-state index >= 15 is 0 Å². The second kappa shape index (κ2) is 9.14. The Morgan fingerprint density at radius 1 is 1.13 bits per heavy atom.